The Bertz CT molecular complexity index is 2880. The second-order valence-electron chi connectivity index (χ2n) is 12.1. The van der Waals surface area contributed by atoms with Crippen molar-refractivity contribution in [1.29, 1.82) is 0 Å². The molecule has 8 aromatic carbocycles. The molecule has 0 fully saturated rings. The van der Waals surface area contributed by atoms with Crippen LogP contribution in [0.25, 0.3) is 53.9 Å². The van der Waals surface area contributed by atoms with Gasteiger partial charge in [0.1, 0.15) is 11.6 Å². The first-order chi connectivity index (χ1) is 26.6. The first kappa shape index (κ1) is 36.5. The molecule has 0 spiro atoms. The number of halogens is 14. The molecule has 0 heterocycles. The molecule has 0 amide bonds. The van der Waals surface area contributed by atoms with Gasteiger partial charge < -0.3 is 14.0 Å². The van der Waals surface area contributed by atoms with Crippen LogP contribution in [0.4, 0.5) is 61.5 Å². The fraction of sp³-hybridized carbons (Fsp3) is 0. The van der Waals surface area contributed by atoms with Gasteiger partial charge in [-0.3, -0.25) is 0 Å². The predicted molar refractivity (Wildman–Crippen MR) is 174 cm³/mol. The number of benzene rings is 8. The van der Waals surface area contributed by atoms with E-state index >= 15 is 26.3 Å². The van der Waals surface area contributed by atoms with Gasteiger partial charge in [0.15, 0.2) is 75.5 Å². The quantitative estimate of drug-likeness (QED) is 0.0726. The fourth-order valence-corrected chi connectivity index (χ4v) is 6.27. The highest BCUT2D eigenvalue weighted by atomic mass is 19.2. The fourth-order valence-electron chi connectivity index (χ4n) is 6.27. The van der Waals surface area contributed by atoms with Crippen molar-refractivity contribution >= 4 is 61.2 Å². The van der Waals surface area contributed by atoms with Crippen molar-refractivity contribution in [3.8, 4) is 17.2 Å². The van der Waals surface area contributed by atoms with E-state index in [9.17, 15) is 35.1 Å². The smallest absolute Gasteiger partial charge is 0.489 e. The lowest BCUT2D eigenvalue weighted by Crippen LogP contribution is -2.38. The van der Waals surface area contributed by atoms with E-state index < -0.39 is 149 Å². The van der Waals surface area contributed by atoms with E-state index in [1.54, 1.807) is 0 Å². The molecular weight excluding hydrogens is 781 g/mol. The van der Waals surface area contributed by atoms with Crippen LogP contribution >= 0.6 is 0 Å². The third kappa shape index (κ3) is 5.52. The van der Waals surface area contributed by atoms with Crippen molar-refractivity contribution in [3.05, 3.63) is 148 Å². The monoisotopic (exact) mass is 792 g/mol. The van der Waals surface area contributed by atoms with Crippen LogP contribution in [0, 0.1) is 81.4 Å². The molecule has 18 heteroatoms. The Labute approximate surface area is 302 Å². The Hall–Kier alpha value is -6.46. The summed E-state index contributed by atoms with van der Waals surface area (Å²) >= 11 is 0. The minimum absolute atomic E-state index is 0.226. The summed E-state index contributed by atoms with van der Waals surface area (Å²) in [6.45, 7) is 0. The molecule has 0 radical (unpaired) electrons. The summed E-state index contributed by atoms with van der Waals surface area (Å²) in [7, 11) is -2.90. The van der Waals surface area contributed by atoms with E-state index in [0.717, 1.165) is 24.3 Å². The molecule has 282 valence electrons. The summed E-state index contributed by atoms with van der Waals surface area (Å²) in [5, 5.41) is -7.34. The summed E-state index contributed by atoms with van der Waals surface area (Å²) in [5.41, 5.74) is 0. The summed E-state index contributed by atoms with van der Waals surface area (Å²) in [5.74, 6) is -29.9. The van der Waals surface area contributed by atoms with Crippen LogP contribution in [0.5, 0.6) is 17.2 Å². The van der Waals surface area contributed by atoms with Crippen LogP contribution in [0.2, 0.25) is 0 Å². The van der Waals surface area contributed by atoms with Crippen LogP contribution in [0.1, 0.15) is 0 Å². The molecule has 8 aromatic rings. The minimum atomic E-state index is -2.90. The number of hydrogen-bond donors (Lipinski definition) is 0. The molecule has 0 aromatic heterocycles. The lowest BCUT2D eigenvalue weighted by Gasteiger charge is -2.21. The van der Waals surface area contributed by atoms with Crippen molar-refractivity contribution < 1.29 is 75.4 Å². The van der Waals surface area contributed by atoms with Gasteiger partial charge in [-0.05, 0) is 65.4 Å². The molecule has 0 unspecified atom stereocenters. The second kappa shape index (κ2) is 13.1. The van der Waals surface area contributed by atoms with Crippen molar-refractivity contribution in [1.82, 2.24) is 0 Å². The van der Waals surface area contributed by atoms with Crippen LogP contribution in [-0.2, 0) is 0 Å². The van der Waals surface area contributed by atoms with Crippen molar-refractivity contribution in [3.63, 3.8) is 0 Å². The SMILES string of the molecule is Fc1cc2c(OB(Oc3c(F)c(F)c(F)c4cc5c(F)c(F)ccc5cc34)Oc3c(F)c(F)c(F)c4cc5c(F)c(F)ccc5cc34)ccc(F)c2c(F)c1F. The standard InChI is InChI=1S/C38H11BF14O3/c40-21-5-6-25(20-11-24(43)31(48)32(49)26(20)21)54-39(55-37-18-7-12-1-3-22(41)27(44)14(12)9-16(18)29(46)33(50)35(37)52)56-38-19-8-13-2-4-23(42)28(45)15(13)10-17(19)30(47)34(51)36(38)53/h1-11H. The molecule has 56 heavy (non-hydrogen) atoms. The topological polar surface area (TPSA) is 27.7 Å². The molecule has 0 bridgehead atoms. The Balaban J connectivity index is 1.38. The van der Waals surface area contributed by atoms with E-state index in [4.69, 9.17) is 14.0 Å². The molecule has 0 aliphatic heterocycles. The highest BCUT2D eigenvalue weighted by Crippen LogP contribution is 2.41. The maximum Gasteiger partial charge on any atom is 0.864 e. The molecule has 0 aliphatic rings. The molecule has 0 aliphatic carbocycles. The number of hydrogen-bond acceptors (Lipinski definition) is 3. The normalized spacial score (nSPS) is 11.8. The van der Waals surface area contributed by atoms with Crippen LogP contribution in [0.3, 0.4) is 0 Å². The van der Waals surface area contributed by atoms with Gasteiger partial charge in [0.2, 0.25) is 11.6 Å². The number of fused-ring (bicyclic) bond motifs is 5. The summed E-state index contributed by atoms with van der Waals surface area (Å²) < 4.78 is 224. The molecule has 3 nitrogen and oxygen atoms in total. The summed E-state index contributed by atoms with van der Waals surface area (Å²) in [6.07, 6.45) is 0. The van der Waals surface area contributed by atoms with Crippen molar-refractivity contribution in [2.24, 2.45) is 0 Å². The first-order valence-corrected chi connectivity index (χ1v) is 15.6. The third-order valence-electron chi connectivity index (χ3n) is 8.92. The van der Waals surface area contributed by atoms with Crippen LogP contribution in [-0.4, -0.2) is 7.32 Å². The molecular formula is C38H11BF14O3. The Morgan fingerprint density at radius 2 is 0.768 bits per heavy atom. The summed E-state index contributed by atoms with van der Waals surface area (Å²) in [4.78, 5) is 0. The Morgan fingerprint density at radius 1 is 0.304 bits per heavy atom. The van der Waals surface area contributed by atoms with Gasteiger partial charge in [-0.15, -0.1) is 0 Å². The molecule has 8 rings (SSSR count). The largest absolute Gasteiger partial charge is 0.864 e. The van der Waals surface area contributed by atoms with Gasteiger partial charge in [-0.1, -0.05) is 12.1 Å². The van der Waals surface area contributed by atoms with Crippen molar-refractivity contribution in [2.75, 3.05) is 0 Å². The van der Waals surface area contributed by atoms with Gasteiger partial charge in [0.25, 0.3) is 0 Å². The van der Waals surface area contributed by atoms with Gasteiger partial charge in [-0.2, -0.15) is 8.78 Å². The third-order valence-corrected chi connectivity index (χ3v) is 8.92. The number of rotatable bonds is 6. The van der Waals surface area contributed by atoms with Crippen LogP contribution < -0.4 is 14.0 Å². The second-order valence-corrected chi connectivity index (χ2v) is 12.1. The molecule has 0 N–H and O–H groups in total. The highest BCUT2D eigenvalue weighted by Gasteiger charge is 2.38. The highest BCUT2D eigenvalue weighted by molar-refractivity contribution is 6.40. The predicted octanol–water partition coefficient (Wildman–Crippen LogP) is 11.9. The minimum Gasteiger partial charge on any atom is -0.489 e. The van der Waals surface area contributed by atoms with Gasteiger partial charge in [0, 0.05) is 37.7 Å². The lowest BCUT2D eigenvalue weighted by molar-refractivity contribution is 0.291. The van der Waals surface area contributed by atoms with Gasteiger partial charge in [-0.25, -0.2) is 52.7 Å². The zero-order chi connectivity index (χ0) is 40.1. The zero-order valence-electron chi connectivity index (χ0n) is 26.9. The molecule has 0 saturated carbocycles. The molecule has 0 saturated heterocycles. The Kier molecular flexibility index (Phi) is 8.54. The van der Waals surface area contributed by atoms with E-state index in [-0.39, 0.29) is 16.8 Å². The van der Waals surface area contributed by atoms with Crippen molar-refractivity contribution in [2.45, 2.75) is 0 Å². The summed E-state index contributed by atoms with van der Waals surface area (Å²) in [6, 6.07) is 7.22. The van der Waals surface area contributed by atoms with E-state index in [1.807, 2.05) is 0 Å². The van der Waals surface area contributed by atoms with Gasteiger partial charge in [0.05, 0.1) is 5.39 Å². The average molecular weight is 792 g/mol. The van der Waals surface area contributed by atoms with E-state index in [2.05, 4.69) is 0 Å². The van der Waals surface area contributed by atoms with E-state index in [0.29, 0.717) is 36.4 Å². The lowest BCUT2D eigenvalue weighted by atomic mass is 10.00. The molecule has 0 atom stereocenters. The maximum atomic E-state index is 15.7. The Morgan fingerprint density at radius 3 is 1.25 bits per heavy atom. The zero-order valence-corrected chi connectivity index (χ0v) is 26.9. The van der Waals surface area contributed by atoms with Gasteiger partial charge >= 0.3 is 7.32 Å². The average Bonchev–Trinajstić information content (AvgIpc) is 3.18. The van der Waals surface area contributed by atoms with Crippen LogP contribution in [0.15, 0.2) is 66.7 Å². The first-order valence-electron chi connectivity index (χ1n) is 15.6. The maximum absolute atomic E-state index is 15.7. The van der Waals surface area contributed by atoms with E-state index in [1.165, 1.54) is 0 Å².